The number of rotatable bonds is 10. The molecule has 3 heterocycles. The molecule has 2 aliphatic rings. The molecule has 0 spiro atoms. The molecule has 4 aromatic rings. The smallest absolute Gasteiger partial charge is 0.412 e. The Morgan fingerprint density at radius 3 is 1.68 bits per heavy atom. The van der Waals surface area contributed by atoms with Crippen molar-refractivity contribution < 1.29 is 33.7 Å². The van der Waals surface area contributed by atoms with Crippen LogP contribution < -0.4 is 5.32 Å². The van der Waals surface area contributed by atoms with Gasteiger partial charge in [0, 0.05) is 43.6 Å². The largest absolute Gasteiger partial charge is 0.464 e. The van der Waals surface area contributed by atoms with Crippen LogP contribution in [-0.2, 0) is 62.3 Å². The fourth-order valence-corrected chi connectivity index (χ4v) is 5.54. The van der Waals surface area contributed by atoms with E-state index in [1.165, 1.54) is 22.3 Å². The summed E-state index contributed by atoms with van der Waals surface area (Å²) in [5.74, 6) is 0.425. The summed E-state index contributed by atoms with van der Waals surface area (Å²) in [4.78, 5) is 59.8. The van der Waals surface area contributed by atoms with E-state index in [9.17, 15) is 19.5 Å². The highest BCUT2D eigenvalue weighted by Crippen LogP contribution is 2.38. The number of ether oxygens (including phenoxy) is 3. The molecule has 6 rings (SSSR count). The molecule has 2 N–H and O–H groups in total. The lowest BCUT2D eigenvalue weighted by Gasteiger charge is -2.19. The van der Waals surface area contributed by atoms with Gasteiger partial charge in [-0.25, -0.2) is 44.3 Å². The summed E-state index contributed by atoms with van der Waals surface area (Å²) in [6.07, 6.45) is 13.1. The van der Waals surface area contributed by atoms with Crippen molar-refractivity contribution in [2.75, 3.05) is 18.5 Å². The summed E-state index contributed by atoms with van der Waals surface area (Å²) in [6.45, 7) is 5.72. The second-order valence-electron chi connectivity index (χ2n) is 11.3. The third kappa shape index (κ3) is 11.4. The number of fused-ring (bicyclic) bond motifs is 2. The molecule has 50 heavy (non-hydrogen) atoms. The molecule has 0 bridgehead atoms. The van der Waals surface area contributed by atoms with Gasteiger partial charge in [0.05, 0.1) is 25.3 Å². The lowest BCUT2D eigenvalue weighted by molar-refractivity contribution is -0.153. The molecule has 2 atom stereocenters. The Balaban J connectivity index is 0.000000220. The molecular weight excluding hydrogens is 642 g/mol. The lowest BCUT2D eigenvalue weighted by Crippen LogP contribution is -2.33. The molecular formula is C36H43N7O7. The van der Waals surface area contributed by atoms with Crippen molar-refractivity contribution in [3.63, 3.8) is 0 Å². The molecule has 14 nitrogen and oxygen atoms in total. The molecule has 1 amide bonds. The highest BCUT2D eigenvalue weighted by atomic mass is 16.6. The van der Waals surface area contributed by atoms with Crippen molar-refractivity contribution >= 4 is 23.7 Å². The third-order valence-electron chi connectivity index (χ3n) is 7.73. The van der Waals surface area contributed by atoms with Crippen LogP contribution in [0, 0.1) is 6.92 Å². The second-order valence-corrected chi connectivity index (χ2v) is 11.3. The summed E-state index contributed by atoms with van der Waals surface area (Å²) < 4.78 is 15.2. The third-order valence-corrected chi connectivity index (χ3v) is 7.73. The number of hydrogen-bond acceptors (Lipinski definition) is 13. The van der Waals surface area contributed by atoms with Crippen LogP contribution in [0.1, 0.15) is 66.4 Å². The fraction of sp³-hybridized carbons (Fsp3) is 0.417. The zero-order valence-corrected chi connectivity index (χ0v) is 28.6. The Morgan fingerprint density at radius 1 is 0.720 bits per heavy atom. The Kier molecular flexibility index (Phi) is 14.7. The monoisotopic (exact) mass is 685 g/mol. The fourth-order valence-electron chi connectivity index (χ4n) is 5.54. The first kappa shape index (κ1) is 37.4. The van der Waals surface area contributed by atoms with E-state index in [1.54, 1.807) is 69.2 Å². The van der Waals surface area contributed by atoms with Gasteiger partial charge < -0.3 is 19.3 Å². The topological polar surface area (TPSA) is 188 Å². The van der Waals surface area contributed by atoms with Crippen molar-refractivity contribution in [3.8, 4) is 0 Å². The minimum absolute atomic E-state index is 0.0676. The molecule has 0 saturated carbocycles. The minimum Gasteiger partial charge on any atom is -0.464 e. The number of nitrogens with zero attached hydrogens (tertiary/aromatic N) is 6. The van der Waals surface area contributed by atoms with Gasteiger partial charge in [-0.05, 0) is 99.7 Å². The number of aliphatic hydroxyl groups is 1. The predicted octanol–water partition coefficient (Wildman–Crippen LogP) is 3.91. The number of amides is 1. The number of carbonyl (C=O) groups is 3. The maximum Gasteiger partial charge on any atom is 0.412 e. The molecule has 1 unspecified atom stereocenters. The van der Waals surface area contributed by atoms with Gasteiger partial charge in [0.2, 0.25) is 6.10 Å². The average molecular weight is 686 g/mol. The average Bonchev–Trinajstić information content (AvgIpc) is 3.80. The Labute approximate surface area is 291 Å². The van der Waals surface area contributed by atoms with E-state index in [0.29, 0.717) is 11.6 Å². The molecule has 0 aliphatic heterocycles. The molecule has 1 aromatic carbocycles. The van der Waals surface area contributed by atoms with Crippen LogP contribution in [0.4, 0.5) is 10.5 Å². The number of aliphatic hydroxyl groups excluding tert-OH is 1. The first-order valence-electron chi connectivity index (χ1n) is 16.7. The zero-order valence-electron chi connectivity index (χ0n) is 28.6. The number of anilines is 1. The van der Waals surface area contributed by atoms with Crippen LogP contribution in [0.25, 0.3) is 0 Å². The van der Waals surface area contributed by atoms with Crippen molar-refractivity contribution in [3.05, 3.63) is 101 Å². The molecule has 0 saturated heterocycles. The van der Waals surface area contributed by atoms with Crippen LogP contribution in [0.2, 0.25) is 0 Å². The summed E-state index contributed by atoms with van der Waals surface area (Å²) >= 11 is 0. The van der Waals surface area contributed by atoms with Gasteiger partial charge in [0.15, 0.2) is 6.10 Å². The number of esters is 2. The van der Waals surface area contributed by atoms with Gasteiger partial charge in [-0.3, -0.25) is 5.32 Å². The summed E-state index contributed by atoms with van der Waals surface area (Å²) in [5, 5.41) is 12.3. The molecule has 2 aliphatic carbocycles. The van der Waals surface area contributed by atoms with E-state index in [2.05, 4.69) is 46.0 Å². The van der Waals surface area contributed by atoms with Crippen LogP contribution >= 0.6 is 0 Å². The van der Waals surface area contributed by atoms with Gasteiger partial charge in [-0.1, -0.05) is 6.07 Å². The van der Waals surface area contributed by atoms with Gasteiger partial charge in [0.25, 0.3) is 0 Å². The normalized spacial score (nSPS) is 13.5. The van der Waals surface area contributed by atoms with E-state index < -0.39 is 30.2 Å². The van der Waals surface area contributed by atoms with Gasteiger partial charge >= 0.3 is 18.0 Å². The van der Waals surface area contributed by atoms with Gasteiger partial charge in [-0.2, -0.15) is 0 Å². The van der Waals surface area contributed by atoms with Crippen molar-refractivity contribution in [2.24, 2.45) is 0 Å². The van der Waals surface area contributed by atoms with Crippen molar-refractivity contribution in [1.29, 1.82) is 0 Å². The number of aromatic nitrogens is 6. The second kappa shape index (κ2) is 19.6. The molecule has 0 radical (unpaired) electrons. The number of aryl methyl sites for hydroxylation is 3. The Bertz CT molecular complexity index is 1650. The van der Waals surface area contributed by atoms with Gasteiger partial charge in [0.1, 0.15) is 17.5 Å². The standard InChI is InChI=1S/C22H25N3O4.C9H12N2O3.C5H6N2/c1-2-28-21(26)18(13-19-23-10-5-11-24-19)29-22(27)25-20-16-8-3-6-14(16)12-15-7-4-9-17(15)20;1-2-14-9(13)7(12)6-8-10-4-3-5-11-8;1-5-6-3-2-4-7-5/h5,10-12,18H,2-4,6-9,13H2,1H3,(H,25,27);3-5,7,12H,2,6H2,1H3;2-4H,1H3/t18-;;/m1../s1. The van der Waals surface area contributed by atoms with Crippen LogP contribution in [0.3, 0.4) is 0 Å². The molecule has 14 heteroatoms. The Morgan fingerprint density at radius 2 is 1.20 bits per heavy atom. The summed E-state index contributed by atoms with van der Waals surface area (Å²) in [7, 11) is 0. The van der Waals surface area contributed by atoms with E-state index in [1.807, 2.05) is 6.92 Å². The van der Waals surface area contributed by atoms with E-state index >= 15 is 0 Å². The first-order valence-corrected chi connectivity index (χ1v) is 16.7. The van der Waals surface area contributed by atoms with Crippen LogP contribution in [0.15, 0.2) is 61.4 Å². The van der Waals surface area contributed by atoms with Crippen molar-refractivity contribution in [2.45, 2.75) is 84.3 Å². The molecule has 3 aromatic heterocycles. The maximum absolute atomic E-state index is 12.7. The number of hydrogen-bond donors (Lipinski definition) is 2. The van der Waals surface area contributed by atoms with E-state index in [0.717, 1.165) is 50.0 Å². The Hall–Kier alpha value is -5.37. The number of benzene rings is 1. The summed E-state index contributed by atoms with van der Waals surface area (Å²) in [6, 6.07) is 7.45. The minimum atomic E-state index is -1.18. The zero-order chi connectivity index (χ0) is 35.7. The first-order chi connectivity index (χ1) is 24.3. The highest BCUT2D eigenvalue weighted by Gasteiger charge is 2.29. The lowest BCUT2D eigenvalue weighted by atomic mass is 9.99. The predicted molar refractivity (Wildman–Crippen MR) is 182 cm³/mol. The van der Waals surface area contributed by atoms with E-state index in [4.69, 9.17) is 9.47 Å². The summed E-state index contributed by atoms with van der Waals surface area (Å²) in [5.41, 5.74) is 5.94. The quantitative estimate of drug-likeness (QED) is 0.181. The highest BCUT2D eigenvalue weighted by molar-refractivity contribution is 5.90. The van der Waals surface area contributed by atoms with Crippen molar-refractivity contribution in [1.82, 2.24) is 29.9 Å². The SMILES string of the molecule is CCOC(=O)C(O)Cc1ncccn1.CCOC(=O)[C@@H](Cc1ncccn1)OC(=O)Nc1c2c(cc3c1CCC3)CCC2.Cc1ncccn1. The van der Waals surface area contributed by atoms with Gasteiger partial charge in [-0.15, -0.1) is 0 Å². The molecule has 264 valence electrons. The van der Waals surface area contributed by atoms with Crippen LogP contribution in [-0.4, -0.2) is 78.5 Å². The number of carbonyl (C=O) groups excluding carboxylic acids is 3. The molecule has 0 fully saturated rings. The maximum atomic E-state index is 12.7. The number of nitrogens with one attached hydrogen (secondary N) is 1. The van der Waals surface area contributed by atoms with Crippen LogP contribution in [0.5, 0.6) is 0 Å². The van der Waals surface area contributed by atoms with E-state index in [-0.39, 0.29) is 26.1 Å².